The van der Waals surface area contributed by atoms with E-state index in [1.165, 1.54) is 6.07 Å². The summed E-state index contributed by atoms with van der Waals surface area (Å²) in [6, 6.07) is 2.26. The SMILES string of the molecule is N#Cc1c(OC(F)(F)F)[nH]c(Br)cc1=O. The first-order valence-corrected chi connectivity index (χ1v) is 4.21. The molecule has 0 radical (unpaired) electrons. The van der Waals surface area contributed by atoms with Crippen LogP contribution in [0.3, 0.4) is 0 Å². The standard InChI is InChI=1S/C7H2BrF3N2O2/c8-5-1-4(14)3(2-12)6(13-5)15-7(9,10)11/h1H,(H,13,14). The number of halogens is 4. The normalized spacial score (nSPS) is 10.9. The van der Waals surface area contributed by atoms with Crippen LogP contribution in [0.15, 0.2) is 15.5 Å². The fourth-order valence-electron chi connectivity index (χ4n) is 0.804. The van der Waals surface area contributed by atoms with Crippen molar-refractivity contribution in [2.75, 3.05) is 0 Å². The Morgan fingerprint density at radius 3 is 2.60 bits per heavy atom. The van der Waals surface area contributed by atoms with Crippen LogP contribution < -0.4 is 10.2 Å². The minimum Gasteiger partial charge on any atom is -0.388 e. The van der Waals surface area contributed by atoms with Crippen LogP contribution in [0.5, 0.6) is 5.88 Å². The van der Waals surface area contributed by atoms with Crippen LogP contribution in [0.2, 0.25) is 0 Å². The Balaban J connectivity index is 3.29. The van der Waals surface area contributed by atoms with Gasteiger partial charge in [0.25, 0.3) is 0 Å². The number of nitrogens with one attached hydrogen (secondary N) is 1. The number of alkyl halides is 3. The van der Waals surface area contributed by atoms with Crippen molar-refractivity contribution in [3.63, 3.8) is 0 Å². The second-order valence-electron chi connectivity index (χ2n) is 2.35. The molecule has 80 valence electrons. The second-order valence-corrected chi connectivity index (χ2v) is 3.20. The quantitative estimate of drug-likeness (QED) is 0.800. The maximum absolute atomic E-state index is 11.9. The third kappa shape index (κ3) is 2.99. The van der Waals surface area contributed by atoms with Gasteiger partial charge in [0.1, 0.15) is 6.07 Å². The van der Waals surface area contributed by atoms with Crippen LogP contribution >= 0.6 is 15.9 Å². The molecule has 1 N–H and O–H groups in total. The average molecular weight is 283 g/mol. The van der Waals surface area contributed by atoms with E-state index in [1.54, 1.807) is 0 Å². The van der Waals surface area contributed by atoms with Gasteiger partial charge in [0.2, 0.25) is 11.3 Å². The molecule has 8 heteroatoms. The van der Waals surface area contributed by atoms with Gasteiger partial charge in [-0.2, -0.15) is 5.26 Å². The number of hydrogen-bond acceptors (Lipinski definition) is 3. The highest BCUT2D eigenvalue weighted by Crippen LogP contribution is 2.23. The van der Waals surface area contributed by atoms with Crippen LogP contribution in [0.25, 0.3) is 0 Å². The number of H-pyrrole nitrogens is 1. The van der Waals surface area contributed by atoms with Crippen molar-refractivity contribution in [2.24, 2.45) is 0 Å². The van der Waals surface area contributed by atoms with E-state index in [2.05, 4.69) is 25.7 Å². The number of nitrogens with zero attached hydrogens (tertiary/aromatic N) is 1. The van der Waals surface area contributed by atoms with Crippen molar-refractivity contribution in [1.82, 2.24) is 4.98 Å². The van der Waals surface area contributed by atoms with Gasteiger partial charge in [-0.15, -0.1) is 13.2 Å². The van der Waals surface area contributed by atoms with Crippen LogP contribution in [0.4, 0.5) is 13.2 Å². The van der Waals surface area contributed by atoms with Gasteiger partial charge in [0, 0.05) is 6.07 Å². The predicted octanol–water partition coefficient (Wildman–Crippen LogP) is 1.91. The topological polar surface area (TPSA) is 65.9 Å². The summed E-state index contributed by atoms with van der Waals surface area (Å²) in [4.78, 5) is 13.1. The van der Waals surface area contributed by atoms with E-state index in [0.29, 0.717) is 0 Å². The molecule has 0 aliphatic rings. The highest BCUT2D eigenvalue weighted by atomic mass is 79.9. The van der Waals surface area contributed by atoms with E-state index < -0.39 is 23.2 Å². The monoisotopic (exact) mass is 282 g/mol. The van der Waals surface area contributed by atoms with Crippen molar-refractivity contribution >= 4 is 15.9 Å². The summed E-state index contributed by atoms with van der Waals surface area (Å²) in [6.45, 7) is 0. The molecule has 0 spiro atoms. The summed E-state index contributed by atoms with van der Waals surface area (Å²) in [5.74, 6) is -0.927. The lowest BCUT2D eigenvalue weighted by Crippen LogP contribution is -2.21. The highest BCUT2D eigenvalue weighted by molar-refractivity contribution is 9.10. The minimum absolute atomic E-state index is 0.00856. The van der Waals surface area contributed by atoms with E-state index in [1.807, 2.05) is 0 Å². The summed E-state index contributed by atoms with van der Waals surface area (Å²) in [5.41, 5.74) is -1.59. The molecule has 1 aromatic rings. The van der Waals surface area contributed by atoms with Crippen LogP contribution in [-0.4, -0.2) is 11.3 Å². The summed E-state index contributed by atoms with van der Waals surface area (Å²) in [7, 11) is 0. The molecule has 4 nitrogen and oxygen atoms in total. The lowest BCUT2D eigenvalue weighted by Gasteiger charge is -2.09. The molecule has 1 aromatic heterocycles. The van der Waals surface area contributed by atoms with E-state index in [9.17, 15) is 18.0 Å². The molecule has 0 fully saturated rings. The predicted molar refractivity (Wildman–Crippen MR) is 46.2 cm³/mol. The van der Waals surface area contributed by atoms with E-state index in [-0.39, 0.29) is 4.60 Å². The molecule has 0 aromatic carbocycles. The Hall–Kier alpha value is -1.49. The molecule has 0 atom stereocenters. The second kappa shape index (κ2) is 3.94. The molecule has 0 aliphatic heterocycles. The fraction of sp³-hybridized carbons (Fsp3) is 0.143. The third-order valence-corrected chi connectivity index (χ3v) is 1.72. The summed E-state index contributed by atoms with van der Waals surface area (Å²) < 4.78 is 39.0. The molecule has 1 rings (SSSR count). The zero-order valence-electron chi connectivity index (χ0n) is 6.85. The van der Waals surface area contributed by atoms with Gasteiger partial charge in [0.05, 0.1) is 4.60 Å². The largest absolute Gasteiger partial charge is 0.574 e. The minimum atomic E-state index is -4.96. The molecular weight excluding hydrogens is 281 g/mol. The van der Waals surface area contributed by atoms with E-state index in [4.69, 9.17) is 5.26 Å². The molecule has 1 heterocycles. The van der Waals surface area contributed by atoms with Gasteiger partial charge in [-0.05, 0) is 15.9 Å². The molecule has 0 saturated carbocycles. The van der Waals surface area contributed by atoms with Crippen molar-refractivity contribution in [3.8, 4) is 11.9 Å². The van der Waals surface area contributed by atoms with Crippen LogP contribution in [0, 0.1) is 11.3 Å². The van der Waals surface area contributed by atoms with Gasteiger partial charge in [0.15, 0.2) is 5.56 Å². The number of ether oxygens (including phenoxy) is 1. The van der Waals surface area contributed by atoms with Gasteiger partial charge >= 0.3 is 6.36 Å². The molecule has 0 saturated heterocycles. The first-order chi connectivity index (χ1) is 6.83. The fourth-order valence-corrected chi connectivity index (χ4v) is 1.19. The first-order valence-electron chi connectivity index (χ1n) is 3.42. The van der Waals surface area contributed by atoms with Crippen LogP contribution in [0.1, 0.15) is 5.56 Å². The Kier molecular flexibility index (Phi) is 3.04. The molecule has 0 amide bonds. The van der Waals surface area contributed by atoms with Gasteiger partial charge in [-0.1, -0.05) is 0 Å². The number of hydrogen-bond donors (Lipinski definition) is 1. The molecule has 0 unspecified atom stereocenters. The molecule has 0 bridgehead atoms. The smallest absolute Gasteiger partial charge is 0.388 e. The number of aromatic amines is 1. The zero-order chi connectivity index (χ0) is 11.6. The van der Waals surface area contributed by atoms with Crippen molar-refractivity contribution in [3.05, 3.63) is 26.5 Å². The average Bonchev–Trinajstić information content (AvgIpc) is 1.99. The third-order valence-electron chi connectivity index (χ3n) is 1.29. The Bertz CT molecular complexity index is 475. The molecule has 15 heavy (non-hydrogen) atoms. The highest BCUT2D eigenvalue weighted by Gasteiger charge is 2.33. The van der Waals surface area contributed by atoms with Gasteiger partial charge < -0.3 is 9.72 Å². The van der Waals surface area contributed by atoms with Crippen LogP contribution in [-0.2, 0) is 0 Å². The van der Waals surface area contributed by atoms with Gasteiger partial charge in [-0.25, -0.2) is 0 Å². The zero-order valence-corrected chi connectivity index (χ0v) is 8.44. The summed E-state index contributed by atoms with van der Waals surface area (Å²) in [5, 5.41) is 8.45. The Morgan fingerprint density at radius 2 is 2.13 bits per heavy atom. The van der Waals surface area contributed by atoms with Crippen molar-refractivity contribution in [2.45, 2.75) is 6.36 Å². The summed E-state index contributed by atoms with van der Waals surface area (Å²) in [6.07, 6.45) is -4.96. The Morgan fingerprint density at radius 1 is 1.53 bits per heavy atom. The first kappa shape index (κ1) is 11.6. The van der Waals surface area contributed by atoms with Crippen molar-refractivity contribution in [1.29, 1.82) is 5.26 Å². The van der Waals surface area contributed by atoms with Crippen molar-refractivity contribution < 1.29 is 17.9 Å². The number of aromatic nitrogens is 1. The lowest BCUT2D eigenvalue weighted by molar-refractivity contribution is -0.276. The Labute approximate surface area is 89.4 Å². The number of rotatable bonds is 1. The maximum Gasteiger partial charge on any atom is 0.574 e. The van der Waals surface area contributed by atoms with Gasteiger partial charge in [-0.3, -0.25) is 4.79 Å². The van der Waals surface area contributed by atoms with E-state index in [0.717, 1.165) is 6.07 Å². The molecular formula is C7H2BrF3N2O2. The lowest BCUT2D eigenvalue weighted by atomic mass is 10.3. The summed E-state index contributed by atoms with van der Waals surface area (Å²) >= 11 is 2.77. The van der Waals surface area contributed by atoms with E-state index >= 15 is 0 Å². The number of pyridine rings is 1. The maximum atomic E-state index is 11.9. The molecule has 0 aliphatic carbocycles. The number of nitriles is 1.